The van der Waals surface area contributed by atoms with E-state index in [1.807, 2.05) is 37.3 Å². The van der Waals surface area contributed by atoms with Gasteiger partial charge in [-0.1, -0.05) is 48.5 Å². The number of carbonyl (C=O) groups excluding carboxylic acids is 1. The molecule has 0 aliphatic heterocycles. The smallest absolute Gasteiger partial charge is 0.241 e. The first kappa shape index (κ1) is 17.2. The van der Waals surface area contributed by atoms with Crippen molar-refractivity contribution < 1.29 is 13.2 Å². The van der Waals surface area contributed by atoms with Crippen LogP contribution in [0.1, 0.15) is 25.5 Å². The third kappa shape index (κ3) is 4.64. The van der Waals surface area contributed by atoms with Gasteiger partial charge >= 0.3 is 0 Å². The van der Waals surface area contributed by atoms with E-state index in [0.717, 1.165) is 5.56 Å². The van der Waals surface area contributed by atoms with E-state index in [0.29, 0.717) is 0 Å². The summed E-state index contributed by atoms with van der Waals surface area (Å²) in [4.78, 5) is 12.3. The Labute approximate surface area is 136 Å². The zero-order valence-electron chi connectivity index (χ0n) is 13.1. The number of benzene rings is 2. The van der Waals surface area contributed by atoms with Crippen LogP contribution >= 0.6 is 0 Å². The summed E-state index contributed by atoms with van der Waals surface area (Å²) in [6.07, 6.45) is 0. The van der Waals surface area contributed by atoms with Crippen LogP contribution in [0.15, 0.2) is 65.6 Å². The lowest BCUT2D eigenvalue weighted by atomic mass is 10.1. The number of carbonyl (C=O) groups is 1. The van der Waals surface area contributed by atoms with Crippen molar-refractivity contribution in [2.24, 2.45) is 0 Å². The molecule has 2 unspecified atom stereocenters. The average Bonchev–Trinajstić information content (AvgIpc) is 2.56. The number of sulfonamides is 1. The SMILES string of the molecule is CC(NS(=O)(=O)c1ccccc1)C(=O)NC(C)c1ccccc1. The molecule has 0 radical (unpaired) electrons. The maximum atomic E-state index is 12.2. The lowest BCUT2D eigenvalue weighted by molar-refractivity contribution is -0.123. The maximum Gasteiger partial charge on any atom is 0.241 e. The first-order valence-electron chi connectivity index (χ1n) is 7.33. The molecule has 0 aliphatic carbocycles. The fourth-order valence-electron chi connectivity index (χ4n) is 2.12. The predicted molar refractivity (Wildman–Crippen MR) is 89.2 cm³/mol. The third-order valence-corrected chi connectivity index (χ3v) is 4.99. The van der Waals surface area contributed by atoms with Gasteiger partial charge < -0.3 is 5.32 Å². The van der Waals surface area contributed by atoms with Crippen molar-refractivity contribution in [3.8, 4) is 0 Å². The van der Waals surface area contributed by atoms with Gasteiger partial charge in [0.1, 0.15) is 0 Å². The minimum absolute atomic E-state index is 0.135. The second-order valence-corrected chi connectivity index (χ2v) is 7.01. The molecular formula is C17H20N2O3S. The Kier molecular flexibility index (Phi) is 5.52. The zero-order chi connectivity index (χ0) is 16.9. The second-order valence-electron chi connectivity index (χ2n) is 5.30. The largest absolute Gasteiger partial charge is 0.348 e. The van der Waals surface area contributed by atoms with Crippen LogP contribution in [0.3, 0.4) is 0 Å². The van der Waals surface area contributed by atoms with Gasteiger partial charge in [0, 0.05) is 0 Å². The number of amides is 1. The fraction of sp³-hybridized carbons (Fsp3) is 0.235. The third-order valence-electron chi connectivity index (χ3n) is 3.44. The Hall–Kier alpha value is -2.18. The van der Waals surface area contributed by atoms with E-state index >= 15 is 0 Å². The molecule has 2 aromatic carbocycles. The van der Waals surface area contributed by atoms with Gasteiger partial charge in [-0.05, 0) is 31.5 Å². The highest BCUT2D eigenvalue weighted by atomic mass is 32.2. The van der Waals surface area contributed by atoms with Crippen molar-refractivity contribution in [1.82, 2.24) is 10.0 Å². The second kappa shape index (κ2) is 7.39. The fourth-order valence-corrected chi connectivity index (χ4v) is 3.34. The molecule has 122 valence electrons. The van der Waals surface area contributed by atoms with Gasteiger partial charge in [0.25, 0.3) is 0 Å². The topological polar surface area (TPSA) is 75.3 Å². The van der Waals surface area contributed by atoms with Gasteiger partial charge in [-0.3, -0.25) is 4.79 Å². The molecule has 0 aromatic heterocycles. The van der Waals surface area contributed by atoms with E-state index in [-0.39, 0.29) is 16.8 Å². The number of rotatable bonds is 6. The molecule has 0 heterocycles. The van der Waals surface area contributed by atoms with Crippen LogP contribution in [-0.2, 0) is 14.8 Å². The molecule has 1 amide bonds. The maximum absolute atomic E-state index is 12.2. The summed E-state index contributed by atoms with van der Waals surface area (Å²) >= 11 is 0. The molecule has 2 N–H and O–H groups in total. The van der Waals surface area contributed by atoms with Crippen molar-refractivity contribution >= 4 is 15.9 Å². The first-order valence-corrected chi connectivity index (χ1v) is 8.81. The molecule has 0 saturated carbocycles. The van der Waals surface area contributed by atoms with Gasteiger partial charge in [-0.15, -0.1) is 0 Å². The summed E-state index contributed by atoms with van der Waals surface area (Å²) in [7, 11) is -3.72. The van der Waals surface area contributed by atoms with Gasteiger partial charge in [0.05, 0.1) is 17.0 Å². The van der Waals surface area contributed by atoms with Crippen molar-refractivity contribution in [1.29, 1.82) is 0 Å². The molecule has 2 atom stereocenters. The van der Waals surface area contributed by atoms with Crippen LogP contribution in [0.5, 0.6) is 0 Å². The van der Waals surface area contributed by atoms with Crippen LogP contribution < -0.4 is 10.0 Å². The van der Waals surface area contributed by atoms with Crippen LogP contribution in [0.4, 0.5) is 0 Å². The van der Waals surface area contributed by atoms with E-state index in [4.69, 9.17) is 0 Å². The highest BCUT2D eigenvalue weighted by Gasteiger charge is 2.22. The Morgan fingerprint density at radius 2 is 1.43 bits per heavy atom. The van der Waals surface area contributed by atoms with Crippen molar-refractivity contribution in [2.45, 2.75) is 30.8 Å². The minimum atomic E-state index is -3.72. The Morgan fingerprint density at radius 1 is 0.913 bits per heavy atom. The summed E-state index contributed by atoms with van der Waals surface area (Å²) in [5.74, 6) is -0.374. The van der Waals surface area contributed by atoms with E-state index in [9.17, 15) is 13.2 Å². The van der Waals surface area contributed by atoms with Crippen molar-refractivity contribution in [3.05, 3.63) is 66.2 Å². The quantitative estimate of drug-likeness (QED) is 0.852. The summed E-state index contributed by atoms with van der Waals surface area (Å²) in [6, 6.07) is 16.4. The number of nitrogens with one attached hydrogen (secondary N) is 2. The molecule has 0 aliphatic rings. The Bertz CT molecular complexity index is 746. The molecule has 6 heteroatoms. The molecule has 2 rings (SSSR count). The van der Waals surface area contributed by atoms with Crippen molar-refractivity contribution in [2.75, 3.05) is 0 Å². The molecule has 0 saturated heterocycles. The highest BCUT2D eigenvalue weighted by molar-refractivity contribution is 7.89. The summed E-state index contributed by atoms with van der Waals surface area (Å²) in [5.41, 5.74) is 0.957. The molecule has 23 heavy (non-hydrogen) atoms. The van der Waals surface area contributed by atoms with Gasteiger partial charge in [-0.2, -0.15) is 4.72 Å². The van der Waals surface area contributed by atoms with E-state index in [1.165, 1.54) is 19.1 Å². The molecule has 0 fully saturated rings. The monoisotopic (exact) mass is 332 g/mol. The normalized spacial score (nSPS) is 14.0. The standard InChI is InChI=1S/C17H20N2O3S/c1-13(15-9-5-3-6-10-15)18-17(20)14(2)19-23(21,22)16-11-7-4-8-12-16/h3-14,19H,1-2H3,(H,18,20). The Balaban J connectivity index is 2.00. The van der Waals surface area contributed by atoms with Crippen LogP contribution in [-0.4, -0.2) is 20.4 Å². The first-order chi connectivity index (χ1) is 10.9. The summed E-state index contributed by atoms with van der Waals surface area (Å²) in [5, 5.41) is 2.80. The van der Waals surface area contributed by atoms with E-state index in [1.54, 1.807) is 18.2 Å². The molecular weight excluding hydrogens is 312 g/mol. The minimum Gasteiger partial charge on any atom is -0.348 e. The average molecular weight is 332 g/mol. The van der Waals surface area contributed by atoms with Crippen molar-refractivity contribution in [3.63, 3.8) is 0 Å². The van der Waals surface area contributed by atoms with Crippen LogP contribution in [0, 0.1) is 0 Å². The molecule has 0 bridgehead atoms. The van der Waals surface area contributed by atoms with E-state index < -0.39 is 16.1 Å². The predicted octanol–water partition coefficient (Wildman–Crippen LogP) is 2.23. The number of hydrogen-bond acceptors (Lipinski definition) is 3. The Morgan fingerprint density at radius 3 is 2.00 bits per heavy atom. The summed E-state index contributed by atoms with van der Waals surface area (Å²) < 4.78 is 26.8. The molecule has 5 nitrogen and oxygen atoms in total. The molecule has 0 spiro atoms. The van der Waals surface area contributed by atoms with E-state index in [2.05, 4.69) is 10.0 Å². The van der Waals surface area contributed by atoms with Gasteiger partial charge in [0.15, 0.2) is 0 Å². The number of hydrogen-bond donors (Lipinski definition) is 2. The van der Waals surface area contributed by atoms with Crippen LogP contribution in [0.25, 0.3) is 0 Å². The lowest BCUT2D eigenvalue weighted by Gasteiger charge is -2.19. The van der Waals surface area contributed by atoms with Crippen LogP contribution in [0.2, 0.25) is 0 Å². The lowest BCUT2D eigenvalue weighted by Crippen LogP contribution is -2.45. The van der Waals surface area contributed by atoms with Gasteiger partial charge in [-0.25, -0.2) is 8.42 Å². The zero-order valence-corrected chi connectivity index (χ0v) is 13.9. The summed E-state index contributed by atoms with van der Waals surface area (Å²) in [6.45, 7) is 3.37. The molecule has 2 aromatic rings. The highest BCUT2D eigenvalue weighted by Crippen LogP contribution is 2.12. The van der Waals surface area contributed by atoms with Gasteiger partial charge in [0.2, 0.25) is 15.9 Å².